The number of rotatable bonds is 5. The van der Waals surface area contributed by atoms with Gasteiger partial charge in [0, 0.05) is 27.4 Å². The zero-order chi connectivity index (χ0) is 21.2. The maximum atomic E-state index is 13.5. The normalized spacial score (nSPS) is 16.0. The van der Waals surface area contributed by atoms with Crippen LogP contribution in [0.25, 0.3) is 22.2 Å². The topological polar surface area (TPSA) is 55.3 Å². The van der Waals surface area contributed by atoms with Gasteiger partial charge in [-0.3, -0.25) is 9.69 Å². The number of carbonyl (C=O) groups excluding carboxylic acids is 1. The average molecular weight is 494 g/mol. The molecule has 5 rings (SSSR count). The Bertz CT molecular complexity index is 1220. The van der Waals surface area contributed by atoms with Gasteiger partial charge in [-0.1, -0.05) is 52.3 Å². The van der Waals surface area contributed by atoms with Crippen LogP contribution in [0.15, 0.2) is 70.5 Å². The number of anilines is 1. The third-order valence-electron chi connectivity index (χ3n) is 5.34. The van der Waals surface area contributed by atoms with Crippen LogP contribution in [0.3, 0.4) is 0 Å². The lowest BCUT2D eigenvalue weighted by molar-refractivity contribution is 0.0913. The van der Waals surface area contributed by atoms with Crippen molar-refractivity contribution in [1.29, 1.82) is 0 Å². The number of ether oxygens (including phenoxy) is 1. The summed E-state index contributed by atoms with van der Waals surface area (Å²) in [7, 11) is 0. The van der Waals surface area contributed by atoms with E-state index in [1.807, 2.05) is 60.0 Å². The molecule has 0 spiro atoms. The Kier molecular flexibility index (Phi) is 5.80. The number of hydrogen-bond donors (Lipinski definition) is 0. The SMILES string of the molecule is O=C(c1ccc2ccccc2n1)N(C[C@@H]1CCCO1)c1nc(-c2ccc(Br)cc2)cs1. The maximum Gasteiger partial charge on any atom is 0.278 e. The molecule has 0 aliphatic carbocycles. The third kappa shape index (κ3) is 4.39. The van der Waals surface area contributed by atoms with E-state index in [2.05, 4.69) is 20.9 Å². The molecule has 0 bridgehead atoms. The number of thiazole rings is 1. The van der Waals surface area contributed by atoms with Crippen LogP contribution in [0.4, 0.5) is 5.13 Å². The highest BCUT2D eigenvalue weighted by Crippen LogP contribution is 2.30. The Hall–Kier alpha value is -2.61. The molecule has 0 saturated carbocycles. The van der Waals surface area contributed by atoms with Crippen molar-refractivity contribution in [3.05, 3.63) is 76.2 Å². The summed E-state index contributed by atoms with van der Waals surface area (Å²) in [5, 5.41) is 3.66. The van der Waals surface area contributed by atoms with Gasteiger partial charge in [-0.2, -0.15) is 0 Å². The van der Waals surface area contributed by atoms with Crippen LogP contribution in [-0.4, -0.2) is 35.1 Å². The molecule has 1 saturated heterocycles. The van der Waals surface area contributed by atoms with Gasteiger partial charge in [-0.15, -0.1) is 11.3 Å². The van der Waals surface area contributed by atoms with Crippen LogP contribution < -0.4 is 4.90 Å². The highest BCUT2D eigenvalue weighted by atomic mass is 79.9. The summed E-state index contributed by atoms with van der Waals surface area (Å²) in [6, 6.07) is 19.5. The Labute approximate surface area is 192 Å². The fraction of sp³-hybridized carbons (Fsp3) is 0.208. The van der Waals surface area contributed by atoms with Crippen molar-refractivity contribution in [3.63, 3.8) is 0 Å². The number of carbonyl (C=O) groups is 1. The second kappa shape index (κ2) is 8.86. The summed E-state index contributed by atoms with van der Waals surface area (Å²) in [6.07, 6.45) is 1.98. The number of fused-ring (bicyclic) bond motifs is 1. The van der Waals surface area contributed by atoms with Gasteiger partial charge in [-0.25, -0.2) is 9.97 Å². The minimum atomic E-state index is -0.155. The number of aromatic nitrogens is 2. The summed E-state index contributed by atoms with van der Waals surface area (Å²) in [5.41, 5.74) is 3.08. The van der Waals surface area contributed by atoms with Gasteiger partial charge in [0.1, 0.15) is 5.69 Å². The first kappa shape index (κ1) is 20.3. The van der Waals surface area contributed by atoms with Crippen molar-refractivity contribution < 1.29 is 9.53 Å². The molecular formula is C24H20BrN3O2S. The summed E-state index contributed by atoms with van der Waals surface area (Å²) >= 11 is 4.93. The molecule has 1 aliphatic heterocycles. The quantitative estimate of drug-likeness (QED) is 0.344. The molecule has 0 radical (unpaired) electrons. The predicted octanol–water partition coefficient (Wildman–Crippen LogP) is 5.95. The number of benzene rings is 2. The predicted molar refractivity (Wildman–Crippen MR) is 128 cm³/mol. The van der Waals surface area contributed by atoms with Crippen molar-refractivity contribution in [2.24, 2.45) is 0 Å². The van der Waals surface area contributed by atoms with Gasteiger partial charge >= 0.3 is 0 Å². The lowest BCUT2D eigenvalue weighted by atomic mass is 10.2. The van der Waals surface area contributed by atoms with Crippen molar-refractivity contribution in [2.45, 2.75) is 18.9 Å². The standard InChI is InChI=1S/C24H20BrN3O2S/c25-18-10-7-17(8-11-18)22-15-31-24(27-22)28(14-19-5-3-13-30-19)23(29)21-12-9-16-4-1-2-6-20(16)26-21/h1-2,4,6-12,15,19H,3,5,13-14H2/t19-/m0/s1. The first-order valence-corrected chi connectivity index (χ1v) is 11.9. The number of halogens is 1. The van der Waals surface area contributed by atoms with Crippen LogP contribution in [-0.2, 0) is 4.74 Å². The van der Waals surface area contributed by atoms with Crippen molar-refractivity contribution >= 4 is 49.2 Å². The van der Waals surface area contributed by atoms with Gasteiger partial charge in [0.2, 0.25) is 0 Å². The molecule has 1 amide bonds. The number of hydrogen-bond acceptors (Lipinski definition) is 5. The average Bonchev–Trinajstić information content (AvgIpc) is 3.49. The van der Waals surface area contributed by atoms with Crippen molar-refractivity contribution in [3.8, 4) is 11.3 Å². The summed E-state index contributed by atoms with van der Waals surface area (Å²) < 4.78 is 6.84. The van der Waals surface area contributed by atoms with Crippen LogP contribution >= 0.6 is 27.3 Å². The second-order valence-corrected chi connectivity index (χ2v) is 9.21. The zero-order valence-corrected chi connectivity index (χ0v) is 19.1. The van der Waals surface area contributed by atoms with Crippen LogP contribution in [0.2, 0.25) is 0 Å². The molecule has 1 fully saturated rings. The van der Waals surface area contributed by atoms with Gasteiger partial charge in [0.15, 0.2) is 5.13 Å². The van der Waals surface area contributed by atoms with E-state index in [-0.39, 0.29) is 12.0 Å². The molecule has 2 aromatic heterocycles. The highest BCUT2D eigenvalue weighted by molar-refractivity contribution is 9.10. The Morgan fingerprint density at radius 2 is 1.94 bits per heavy atom. The lowest BCUT2D eigenvalue weighted by Gasteiger charge is -2.23. The van der Waals surface area contributed by atoms with Crippen LogP contribution in [0.5, 0.6) is 0 Å². The second-order valence-electron chi connectivity index (χ2n) is 7.46. The maximum absolute atomic E-state index is 13.5. The molecule has 5 nitrogen and oxygen atoms in total. The smallest absolute Gasteiger partial charge is 0.278 e. The molecule has 156 valence electrons. The molecule has 4 aromatic rings. The van der Waals surface area contributed by atoms with Crippen molar-refractivity contribution in [2.75, 3.05) is 18.1 Å². The molecular weight excluding hydrogens is 474 g/mol. The van der Waals surface area contributed by atoms with Gasteiger partial charge in [0.25, 0.3) is 5.91 Å². The van der Waals surface area contributed by atoms with E-state index in [9.17, 15) is 4.79 Å². The number of para-hydroxylation sites is 1. The molecule has 0 N–H and O–H groups in total. The molecule has 0 unspecified atom stereocenters. The van der Waals surface area contributed by atoms with E-state index in [4.69, 9.17) is 9.72 Å². The first-order valence-electron chi connectivity index (χ1n) is 10.2. The molecule has 7 heteroatoms. The van der Waals surface area contributed by atoms with E-state index in [0.717, 1.165) is 46.1 Å². The third-order valence-corrected chi connectivity index (χ3v) is 6.73. The van der Waals surface area contributed by atoms with E-state index in [1.165, 1.54) is 11.3 Å². The van der Waals surface area contributed by atoms with E-state index >= 15 is 0 Å². The van der Waals surface area contributed by atoms with Crippen LogP contribution in [0.1, 0.15) is 23.3 Å². The Morgan fingerprint density at radius 1 is 1.10 bits per heavy atom. The lowest BCUT2D eigenvalue weighted by Crippen LogP contribution is -2.38. The molecule has 2 aromatic carbocycles. The van der Waals surface area contributed by atoms with Crippen LogP contribution in [0, 0.1) is 0 Å². The fourth-order valence-corrected chi connectivity index (χ4v) is 4.81. The largest absolute Gasteiger partial charge is 0.376 e. The molecule has 1 atom stereocenters. The van der Waals surface area contributed by atoms with E-state index in [1.54, 1.807) is 11.0 Å². The van der Waals surface area contributed by atoms with E-state index in [0.29, 0.717) is 17.4 Å². The summed E-state index contributed by atoms with van der Waals surface area (Å²) in [5.74, 6) is -0.155. The number of amides is 1. The van der Waals surface area contributed by atoms with Crippen molar-refractivity contribution in [1.82, 2.24) is 9.97 Å². The number of pyridine rings is 1. The molecule has 1 aliphatic rings. The molecule has 3 heterocycles. The zero-order valence-electron chi connectivity index (χ0n) is 16.7. The minimum Gasteiger partial charge on any atom is -0.376 e. The van der Waals surface area contributed by atoms with E-state index < -0.39 is 0 Å². The Morgan fingerprint density at radius 3 is 2.74 bits per heavy atom. The van der Waals surface area contributed by atoms with Gasteiger partial charge in [-0.05, 0) is 37.1 Å². The first-order chi connectivity index (χ1) is 15.2. The summed E-state index contributed by atoms with van der Waals surface area (Å²) in [4.78, 5) is 24.7. The van der Waals surface area contributed by atoms with Gasteiger partial charge < -0.3 is 4.74 Å². The Balaban J connectivity index is 1.48. The fourth-order valence-electron chi connectivity index (χ4n) is 3.70. The minimum absolute atomic E-state index is 0.0180. The number of nitrogens with zero attached hydrogens (tertiary/aromatic N) is 3. The monoisotopic (exact) mass is 493 g/mol. The molecule has 31 heavy (non-hydrogen) atoms. The van der Waals surface area contributed by atoms with Gasteiger partial charge in [0.05, 0.1) is 23.9 Å². The summed E-state index contributed by atoms with van der Waals surface area (Å²) in [6.45, 7) is 1.21. The highest BCUT2D eigenvalue weighted by Gasteiger charge is 2.27.